The van der Waals surface area contributed by atoms with Crippen molar-refractivity contribution in [3.63, 3.8) is 0 Å². The van der Waals surface area contributed by atoms with Crippen molar-refractivity contribution in [2.24, 2.45) is 0 Å². The van der Waals surface area contributed by atoms with Crippen molar-refractivity contribution in [1.29, 1.82) is 0 Å². The molecule has 1 atom stereocenters. The molecule has 0 fully saturated rings. The summed E-state index contributed by atoms with van der Waals surface area (Å²) in [6.45, 7) is 5.26. The number of benzene rings is 2. The molecule has 4 rings (SSSR count). The van der Waals surface area contributed by atoms with E-state index in [0.29, 0.717) is 11.3 Å². The van der Waals surface area contributed by atoms with E-state index >= 15 is 0 Å². The number of cyclic esters (lactones) is 1. The molecule has 2 aromatic carbocycles. The Balaban J connectivity index is 1.60. The molecule has 2 aliphatic heterocycles. The highest BCUT2D eigenvalue weighted by Crippen LogP contribution is 2.36. The van der Waals surface area contributed by atoms with Crippen LogP contribution in [-0.4, -0.2) is 48.5 Å². The van der Waals surface area contributed by atoms with Gasteiger partial charge in [0.25, 0.3) is 0 Å². The molecule has 1 unspecified atom stereocenters. The Labute approximate surface area is 196 Å². The second kappa shape index (κ2) is 9.38. The number of nitrogens with zero attached hydrogens (tertiary/aromatic N) is 1. The molecular formula is C25H25N3O6. The van der Waals surface area contributed by atoms with Crippen molar-refractivity contribution in [3.8, 4) is 0 Å². The van der Waals surface area contributed by atoms with Gasteiger partial charge in [0, 0.05) is 0 Å². The van der Waals surface area contributed by atoms with Crippen molar-refractivity contribution in [1.82, 2.24) is 10.2 Å². The lowest BCUT2D eigenvalue weighted by molar-refractivity contribution is -0.136. The van der Waals surface area contributed by atoms with Crippen molar-refractivity contribution in [3.05, 3.63) is 76.0 Å². The van der Waals surface area contributed by atoms with Gasteiger partial charge in [-0.05, 0) is 44.0 Å². The summed E-state index contributed by atoms with van der Waals surface area (Å²) in [4.78, 5) is 51.9. The fourth-order valence-electron chi connectivity index (χ4n) is 4.09. The highest BCUT2D eigenvalue weighted by Gasteiger charge is 2.43. The fraction of sp³-hybridized carbons (Fsp3) is 0.280. The standard InChI is InChI=1S/C25H25N3O6/c1-4-33-23(30)16-7-5-6-8-18(16)26-20(29)12-28-19-13-34-24(31)21(19)22(27-25(28)32)17-11-14(2)9-10-15(17)3/h5-11,22H,4,12-13H2,1-3H3,(H,26,29)(H,27,32). The number of carbonyl (C=O) groups excluding carboxylic acids is 4. The minimum atomic E-state index is -0.666. The maximum absolute atomic E-state index is 13.0. The number of ether oxygens (including phenoxy) is 2. The minimum Gasteiger partial charge on any atom is -0.462 e. The van der Waals surface area contributed by atoms with Crippen molar-refractivity contribution < 1.29 is 28.7 Å². The second-order valence-corrected chi connectivity index (χ2v) is 8.08. The molecule has 0 aliphatic carbocycles. The fourth-order valence-corrected chi connectivity index (χ4v) is 4.09. The first-order chi connectivity index (χ1) is 16.3. The normalized spacial score (nSPS) is 17.1. The van der Waals surface area contributed by atoms with Gasteiger partial charge in [0.05, 0.1) is 35.2 Å². The number of urea groups is 1. The monoisotopic (exact) mass is 463 g/mol. The number of hydrogen-bond donors (Lipinski definition) is 2. The molecule has 2 N–H and O–H groups in total. The maximum Gasteiger partial charge on any atom is 0.340 e. The Morgan fingerprint density at radius 3 is 2.71 bits per heavy atom. The molecular weight excluding hydrogens is 438 g/mol. The average molecular weight is 463 g/mol. The van der Waals surface area contributed by atoms with Gasteiger partial charge in [0.2, 0.25) is 5.91 Å². The van der Waals surface area contributed by atoms with Gasteiger partial charge in [-0.3, -0.25) is 9.69 Å². The van der Waals surface area contributed by atoms with Crippen LogP contribution in [0, 0.1) is 13.8 Å². The van der Waals surface area contributed by atoms with Gasteiger partial charge in [-0.15, -0.1) is 0 Å². The Hall–Kier alpha value is -4.14. The average Bonchev–Trinajstić information content (AvgIpc) is 3.19. The molecule has 0 radical (unpaired) electrons. The van der Waals surface area contributed by atoms with E-state index in [9.17, 15) is 19.2 Å². The first-order valence-corrected chi connectivity index (χ1v) is 10.9. The van der Waals surface area contributed by atoms with Crippen LogP contribution < -0.4 is 10.6 Å². The van der Waals surface area contributed by atoms with Crippen LogP contribution >= 0.6 is 0 Å². The predicted octanol–water partition coefficient (Wildman–Crippen LogP) is 3.00. The lowest BCUT2D eigenvalue weighted by atomic mass is 9.91. The number of para-hydroxylation sites is 1. The van der Waals surface area contributed by atoms with Gasteiger partial charge in [-0.25, -0.2) is 14.4 Å². The Bertz CT molecular complexity index is 1220. The van der Waals surface area contributed by atoms with Gasteiger partial charge in [0.15, 0.2) is 0 Å². The maximum atomic E-state index is 13.0. The van der Waals surface area contributed by atoms with Crippen LogP contribution in [0.25, 0.3) is 0 Å². The van der Waals surface area contributed by atoms with Gasteiger partial charge in [0.1, 0.15) is 13.2 Å². The zero-order chi connectivity index (χ0) is 24.4. The molecule has 2 aromatic rings. The van der Waals surface area contributed by atoms with Crippen LogP contribution in [0.4, 0.5) is 10.5 Å². The Kier molecular flexibility index (Phi) is 6.36. The summed E-state index contributed by atoms with van der Waals surface area (Å²) in [5.74, 6) is -1.63. The largest absolute Gasteiger partial charge is 0.462 e. The molecule has 9 heteroatoms. The molecule has 0 saturated heterocycles. The third kappa shape index (κ3) is 4.36. The molecule has 176 valence electrons. The van der Waals surface area contributed by atoms with E-state index in [1.165, 1.54) is 4.90 Å². The Morgan fingerprint density at radius 2 is 1.94 bits per heavy atom. The summed E-state index contributed by atoms with van der Waals surface area (Å²) in [6, 6.07) is 11.1. The number of amides is 3. The predicted molar refractivity (Wildman–Crippen MR) is 123 cm³/mol. The third-order valence-electron chi connectivity index (χ3n) is 5.74. The highest BCUT2D eigenvalue weighted by molar-refractivity contribution is 6.03. The molecule has 0 aromatic heterocycles. The molecule has 2 aliphatic rings. The summed E-state index contributed by atoms with van der Waals surface area (Å²) in [5, 5.41) is 5.50. The Morgan fingerprint density at radius 1 is 1.18 bits per heavy atom. The lowest BCUT2D eigenvalue weighted by Crippen LogP contribution is -2.49. The van der Waals surface area contributed by atoms with E-state index in [4.69, 9.17) is 9.47 Å². The molecule has 0 bridgehead atoms. The number of esters is 2. The van der Waals surface area contributed by atoms with Crippen LogP contribution in [0.5, 0.6) is 0 Å². The second-order valence-electron chi connectivity index (χ2n) is 8.08. The summed E-state index contributed by atoms with van der Waals surface area (Å²) in [5.41, 5.74) is 3.85. The molecule has 9 nitrogen and oxygen atoms in total. The smallest absolute Gasteiger partial charge is 0.340 e. The van der Waals surface area contributed by atoms with Crippen molar-refractivity contribution in [2.75, 3.05) is 25.1 Å². The van der Waals surface area contributed by atoms with Gasteiger partial charge in [-0.2, -0.15) is 0 Å². The zero-order valence-electron chi connectivity index (χ0n) is 19.1. The number of aryl methyl sites for hydroxylation is 2. The van der Waals surface area contributed by atoms with Crippen LogP contribution in [0.15, 0.2) is 53.7 Å². The number of carbonyl (C=O) groups is 4. The lowest BCUT2D eigenvalue weighted by Gasteiger charge is -2.33. The summed E-state index contributed by atoms with van der Waals surface area (Å²) >= 11 is 0. The van der Waals surface area contributed by atoms with Crippen LogP contribution in [0.2, 0.25) is 0 Å². The molecule has 34 heavy (non-hydrogen) atoms. The van der Waals surface area contributed by atoms with Gasteiger partial charge >= 0.3 is 18.0 Å². The van der Waals surface area contributed by atoms with E-state index < -0.39 is 29.9 Å². The highest BCUT2D eigenvalue weighted by atomic mass is 16.5. The van der Waals surface area contributed by atoms with Gasteiger partial charge in [-0.1, -0.05) is 35.9 Å². The first-order valence-electron chi connectivity index (χ1n) is 10.9. The zero-order valence-corrected chi connectivity index (χ0v) is 19.1. The van der Waals surface area contributed by atoms with Crippen LogP contribution in [0.3, 0.4) is 0 Å². The van der Waals surface area contributed by atoms with Crippen molar-refractivity contribution in [2.45, 2.75) is 26.8 Å². The number of rotatable bonds is 6. The molecule has 2 heterocycles. The minimum absolute atomic E-state index is 0.102. The van der Waals surface area contributed by atoms with E-state index in [1.807, 2.05) is 32.0 Å². The molecule has 0 saturated carbocycles. The summed E-state index contributed by atoms with van der Waals surface area (Å²) in [6.07, 6.45) is 0. The molecule has 3 amide bonds. The number of anilines is 1. The van der Waals surface area contributed by atoms with Crippen molar-refractivity contribution >= 4 is 29.6 Å². The topological polar surface area (TPSA) is 114 Å². The van der Waals surface area contributed by atoms with Crippen LogP contribution in [0.1, 0.15) is 40.0 Å². The molecule has 0 spiro atoms. The first kappa shape index (κ1) is 23.0. The van der Waals surface area contributed by atoms with Crippen LogP contribution in [-0.2, 0) is 19.1 Å². The van der Waals surface area contributed by atoms with E-state index in [1.54, 1.807) is 31.2 Å². The van der Waals surface area contributed by atoms with E-state index in [2.05, 4.69) is 10.6 Å². The quantitative estimate of drug-likeness (QED) is 0.637. The number of hydrogen-bond acceptors (Lipinski definition) is 6. The van der Waals surface area contributed by atoms with E-state index in [-0.39, 0.29) is 31.0 Å². The summed E-state index contributed by atoms with van der Waals surface area (Å²) in [7, 11) is 0. The SMILES string of the molecule is CCOC(=O)c1ccccc1NC(=O)CN1C(=O)NC(c2cc(C)ccc2C)C2=C1COC2=O. The number of nitrogens with one attached hydrogen (secondary N) is 2. The van der Waals surface area contributed by atoms with Gasteiger partial charge < -0.3 is 20.1 Å². The third-order valence-corrected chi connectivity index (χ3v) is 5.74. The van der Waals surface area contributed by atoms with E-state index in [0.717, 1.165) is 16.7 Å². The summed E-state index contributed by atoms with van der Waals surface area (Å²) < 4.78 is 10.3.